The van der Waals surface area contributed by atoms with Crippen LogP contribution in [0.3, 0.4) is 0 Å². The van der Waals surface area contributed by atoms with Gasteiger partial charge in [-0.15, -0.1) is 0 Å². The maximum absolute atomic E-state index is 13.0. The van der Waals surface area contributed by atoms with E-state index in [4.69, 9.17) is 0 Å². The molecule has 7 heteroatoms. The lowest BCUT2D eigenvalue weighted by atomic mass is 10.0. The van der Waals surface area contributed by atoms with E-state index in [0.29, 0.717) is 17.3 Å². The molecule has 1 aromatic rings. The van der Waals surface area contributed by atoms with E-state index in [1.165, 1.54) is 12.1 Å². The van der Waals surface area contributed by atoms with Crippen LogP contribution >= 0.6 is 15.9 Å². The number of alkyl halides is 3. The zero-order valence-corrected chi connectivity index (χ0v) is 12.5. The topological polar surface area (TPSA) is 21.3 Å². The minimum absolute atomic E-state index is 0.0177. The molecule has 0 amide bonds. The fourth-order valence-corrected chi connectivity index (χ4v) is 2.23. The Hall–Kier alpha value is -0.660. The molecule has 0 saturated carbocycles. The molecule has 0 fully saturated rings. The van der Waals surface area contributed by atoms with Gasteiger partial charge in [-0.05, 0) is 37.6 Å². The monoisotopic (exact) mass is 357 g/mol. The van der Waals surface area contributed by atoms with Crippen LogP contribution in [-0.4, -0.2) is 32.5 Å². The summed E-state index contributed by atoms with van der Waals surface area (Å²) in [5.74, 6) is -0.338. The molecule has 0 aromatic heterocycles. The number of hydrogen-bond donors (Lipinski definition) is 1. The van der Waals surface area contributed by atoms with Gasteiger partial charge in [0.15, 0.2) is 0 Å². The van der Waals surface area contributed by atoms with Crippen molar-refractivity contribution in [2.45, 2.75) is 25.1 Å². The Morgan fingerprint density at radius 2 is 2.05 bits per heavy atom. The van der Waals surface area contributed by atoms with E-state index in [1.54, 1.807) is 13.1 Å². The van der Waals surface area contributed by atoms with Crippen molar-refractivity contribution < 1.29 is 22.3 Å². The van der Waals surface area contributed by atoms with Crippen molar-refractivity contribution in [2.75, 3.05) is 20.3 Å². The summed E-state index contributed by atoms with van der Waals surface area (Å²) in [6, 6.07) is 4.33. The van der Waals surface area contributed by atoms with Crippen LogP contribution in [-0.2, 0) is 11.2 Å². The van der Waals surface area contributed by atoms with Crippen molar-refractivity contribution >= 4 is 15.9 Å². The zero-order chi connectivity index (χ0) is 15.2. The van der Waals surface area contributed by atoms with Crippen molar-refractivity contribution in [3.8, 4) is 0 Å². The zero-order valence-electron chi connectivity index (χ0n) is 10.9. The second-order valence-electron chi connectivity index (χ2n) is 4.38. The van der Waals surface area contributed by atoms with E-state index in [2.05, 4.69) is 26.0 Å². The lowest BCUT2D eigenvalue weighted by Crippen LogP contribution is -2.30. The number of likely N-dealkylation sites (N-methyl/N-ethyl adjacent to an activating group) is 1. The van der Waals surface area contributed by atoms with Crippen LogP contribution in [0.5, 0.6) is 0 Å². The molecular formula is C13H16BrF4NO. The molecule has 0 aliphatic rings. The fourth-order valence-electron chi connectivity index (χ4n) is 1.71. The van der Waals surface area contributed by atoms with Crippen molar-refractivity contribution in [2.24, 2.45) is 0 Å². The van der Waals surface area contributed by atoms with Crippen LogP contribution < -0.4 is 5.32 Å². The molecule has 2 nitrogen and oxygen atoms in total. The average molecular weight is 358 g/mol. The van der Waals surface area contributed by atoms with Gasteiger partial charge in [0.1, 0.15) is 12.4 Å². The van der Waals surface area contributed by atoms with Gasteiger partial charge < -0.3 is 10.1 Å². The van der Waals surface area contributed by atoms with Gasteiger partial charge in [-0.1, -0.05) is 22.0 Å². The molecule has 0 spiro atoms. The average Bonchev–Trinajstić information content (AvgIpc) is 2.34. The van der Waals surface area contributed by atoms with Gasteiger partial charge >= 0.3 is 6.18 Å². The largest absolute Gasteiger partial charge is 0.411 e. The Morgan fingerprint density at radius 1 is 1.35 bits per heavy atom. The van der Waals surface area contributed by atoms with Crippen LogP contribution in [0.4, 0.5) is 17.6 Å². The standard InChI is InChI=1S/C13H16BrF4NO/c1-19-11(4-5-20-8-13(16,17)18)6-9-2-3-10(15)7-12(9)14/h2-3,7,11,19H,4-6,8H2,1H3. The van der Waals surface area contributed by atoms with E-state index < -0.39 is 12.8 Å². The predicted octanol–water partition coefficient (Wildman–Crippen LogP) is 3.69. The molecule has 0 aliphatic heterocycles. The minimum Gasteiger partial charge on any atom is -0.372 e. The number of rotatable bonds is 7. The lowest BCUT2D eigenvalue weighted by molar-refractivity contribution is -0.174. The second kappa shape index (κ2) is 7.95. The van der Waals surface area contributed by atoms with E-state index in [-0.39, 0.29) is 18.5 Å². The summed E-state index contributed by atoms with van der Waals surface area (Å²) in [6.45, 7) is -1.21. The summed E-state index contributed by atoms with van der Waals surface area (Å²) in [6.07, 6.45) is -3.28. The third kappa shape index (κ3) is 6.67. The van der Waals surface area contributed by atoms with Gasteiger partial charge in [0.2, 0.25) is 0 Å². The Balaban J connectivity index is 2.43. The van der Waals surface area contributed by atoms with Gasteiger partial charge in [-0.3, -0.25) is 0 Å². The molecule has 1 atom stereocenters. The number of halogens is 5. The molecule has 0 heterocycles. The molecule has 1 rings (SSSR count). The Bertz CT molecular complexity index is 425. The molecule has 0 radical (unpaired) electrons. The smallest absolute Gasteiger partial charge is 0.372 e. The van der Waals surface area contributed by atoms with Crippen LogP contribution in [0.25, 0.3) is 0 Å². The van der Waals surface area contributed by atoms with Crippen LogP contribution in [0.15, 0.2) is 22.7 Å². The first kappa shape index (κ1) is 17.4. The first-order valence-corrected chi connectivity index (χ1v) is 6.87. The van der Waals surface area contributed by atoms with Crippen molar-refractivity contribution in [1.82, 2.24) is 5.32 Å². The minimum atomic E-state index is -4.30. The van der Waals surface area contributed by atoms with Crippen molar-refractivity contribution in [3.63, 3.8) is 0 Å². The molecule has 0 aliphatic carbocycles. The molecule has 114 valence electrons. The summed E-state index contributed by atoms with van der Waals surface area (Å²) < 4.78 is 53.9. The first-order chi connectivity index (χ1) is 9.31. The van der Waals surface area contributed by atoms with Gasteiger partial charge in [-0.25, -0.2) is 4.39 Å². The quantitative estimate of drug-likeness (QED) is 0.593. The maximum atomic E-state index is 13.0. The highest BCUT2D eigenvalue weighted by Gasteiger charge is 2.27. The van der Waals surface area contributed by atoms with E-state index in [0.717, 1.165) is 5.56 Å². The molecule has 0 saturated heterocycles. The molecule has 20 heavy (non-hydrogen) atoms. The number of hydrogen-bond acceptors (Lipinski definition) is 2. The van der Waals surface area contributed by atoms with Crippen LogP contribution in [0, 0.1) is 5.82 Å². The Labute approximate surface area is 123 Å². The maximum Gasteiger partial charge on any atom is 0.411 e. The summed E-state index contributed by atoms with van der Waals surface area (Å²) in [7, 11) is 1.73. The van der Waals surface area contributed by atoms with Crippen molar-refractivity contribution in [1.29, 1.82) is 0 Å². The van der Waals surface area contributed by atoms with E-state index in [9.17, 15) is 17.6 Å². The van der Waals surface area contributed by atoms with Crippen molar-refractivity contribution in [3.05, 3.63) is 34.1 Å². The molecular weight excluding hydrogens is 342 g/mol. The first-order valence-electron chi connectivity index (χ1n) is 6.07. The van der Waals surface area contributed by atoms with E-state index in [1.807, 2.05) is 0 Å². The summed E-state index contributed by atoms with van der Waals surface area (Å²) >= 11 is 3.26. The summed E-state index contributed by atoms with van der Waals surface area (Å²) in [4.78, 5) is 0. The molecule has 1 aromatic carbocycles. The Morgan fingerprint density at radius 3 is 2.60 bits per heavy atom. The fraction of sp³-hybridized carbons (Fsp3) is 0.538. The molecule has 0 bridgehead atoms. The third-order valence-electron chi connectivity index (χ3n) is 2.77. The molecule has 1 N–H and O–H groups in total. The summed E-state index contributed by atoms with van der Waals surface area (Å²) in [5.41, 5.74) is 0.890. The third-order valence-corrected chi connectivity index (χ3v) is 3.50. The second-order valence-corrected chi connectivity index (χ2v) is 5.24. The Kier molecular flexibility index (Phi) is 6.91. The van der Waals surface area contributed by atoms with Gasteiger partial charge in [-0.2, -0.15) is 13.2 Å². The summed E-state index contributed by atoms with van der Waals surface area (Å²) in [5, 5.41) is 3.01. The number of nitrogens with one attached hydrogen (secondary N) is 1. The SMILES string of the molecule is CNC(CCOCC(F)(F)F)Cc1ccc(F)cc1Br. The lowest BCUT2D eigenvalue weighted by Gasteiger charge is -2.17. The molecule has 1 unspecified atom stereocenters. The van der Waals surface area contributed by atoms with Crippen LogP contribution in [0.2, 0.25) is 0 Å². The van der Waals surface area contributed by atoms with Gasteiger partial charge in [0.05, 0.1) is 0 Å². The van der Waals surface area contributed by atoms with Crippen LogP contribution in [0.1, 0.15) is 12.0 Å². The van der Waals surface area contributed by atoms with Gasteiger partial charge in [0, 0.05) is 17.1 Å². The predicted molar refractivity (Wildman–Crippen MR) is 72.1 cm³/mol. The highest BCUT2D eigenvalue weighted by molar-refractivity contribution is 9.10. The number of ether oxygens (including phenoxy) is 1. The highest BCUT2D eigenvalue weighted by Crippen LogP contribution is 2.20. The normalized spacial score (nSPS) is 13.5. The van der Waals surface area contributed by atoms with Gasteiger partial charge in [0.25, 0.3) is 0 Å². The number of benzene rings is 1. The van der Waals surface area contributed by atoms with E-state index >= 15 is 0 Å². The highest BCUT2D eigenvalue weighted by atomic mass is 79.9.